The molecule has 4 heteroatoms. The first kappa shape index (κ1) is 13.2. The van der Waals surface area contributed by atoms with Crippen LogP contribution in [0.5, 0.6) is 5.75 Å². The molecule has 0 aliphatic rings. The largest absolute Gasteiger partial charge is 0.497 e. The minimum absolute atomic E-state index is 0.0408. The van der Waals surface area contributed by atoms with Gasteiger partial charge in [-0.15, -0.1) is 0 Å². The zero-order chi connectivity index (χ0) is 12.0. The topological polar surface area (TPSA) is 52.3 Å². The second-order valence-corrected chi connectivity index (χ2v) is 5.27. The van der Waals surface area contributed by atoms with E-state index in [1.807, 2.05) is 31.2 Å². The molecular weight excluding hydrogens is 222 g/mol. The van der Waals surface area contributed by atoms with E-state index in [1.165, 1.54) is 0 Å². The predicted octanol–water partition coefficient (Wildman–Crippen LogP) is 1.68. The summed E-state index contributed by atoms with van der Waals surface area (Å²) in [5.41, 5.74) is 6.82. The monoisotopic (exact) mass is 241 g/mol. The van der Waals surface area contributed by atoms with Gasteiger partial charge >= 0.3 is 0 Å². The summed E-state index contributed by atoms with van der Waals surface area (Å²) in [4.78, 5) is 0. The SMILES string of the molecule is CCC(N)CS(=O)Cc1ccc(OC)cc1. The van der Waals surface area contributed by atoms with Gasteiger partial charge < -0.3 is 10.5 Å². The van der Waals surface area contributed by atoms with E-state index in [9.17, 15) is 4.21 Å². The van der Waals surface area contributed by atoms with E-state index in [1.54, 1.807) is 7.11 Å². The maximum Gasteiger partial charge on any atom is 0.118 e. The van der Waals surface area contributed by atoms with Crippen LogP contribution in [0.15, 0.2) is 24.3 Å². The summed E-state index contributed by atoms with van der Waals surface area (Å²) >= 11 is 0. The molecule has 0 radical (unpaired) electrons. The molecule has 16 heavy (non-hydrogen) atoms. The van der Waals surface area contributed by atoms with Gasteiger partial charge in [0.15, 0.2) is 0 Å². The van der Waals surface area contributed by atoms with Gasteiger partial charge in [-0.3, -0.25) is 4.21 Å². The lowest BCUT2D eigenvalue weighted by Gasteiger charge is -2.08. The van der Waals surface area contributed by atoms with E-state index in [0.29, 0.717) is 11.5 Å². The summed E-state index contributed by atoms with van der Waals surface area (Å²) in [6.07, 6.45) is 0.869. The molecule has 0 saturated carbocycles. The van der Waals surface area contributed by atoms with Gasteiger partial charge in [-0.2, -0.15) is 0 Å². The molecule has 0 spiro atoms. The van der Waals surface area contributed by atoms with Gasteiger partial charge in [-0.25, -0.2) is 0 Å². The van der Waals surface area contributed by atoms with Gasteiger partial charge in [0.2, 0.25) is 0 Å². The first-order chi connectivity index (χ1) is 7.65. The third-order valence-electron chi connectivity index (χ3n) is 2.41. The molecule has 0 heterocycles. The third kappa shape index (κ3) is 4.33. The van der Waals surface area contributed by atoms with Crippen LogP contribution in [-0.4, -0.2) is 23.1 Å². The Morgan fingerprint density at radius 2 is 2.00 bits per heavy atom. The summed E-state index contributed by atoms with van der Waals surface area (Å²) in [7, 11) is 0.757. The molecule has 0 saturated heterocycles. The molecule has 1 aromatic carbocycles. The van der Waals surface area contributed by atoms with Crippen molar-refractivity contribution in [1.82, 2.24) is 0 Å². The third-order valence-corrected chi connectivity index (χ3v) is 3.87. The highest BCUT2D eigenvalue weighted by atomic mass is 32.2. The van der Waals surface area contributed by atoms with Gasteiger partial charge in [0.25, 0.3) is 0 Å². The lowest BCUT2D eigenvalue weighted by atomic mass is 10.2. The van der Waals surface area contributed by atoms with E-state index in [4.69, 9.17) is 10.5 Å². The van der Waals surface area contributed by atoms with Crippen LogP contribution in [0.4, 0.5) is 0 Å². The van der Waals surface area contributed by atoms with Gasteiger partial charge in [0.1, 0.15) is 5.75 Å². The second-order valence-electron chi connectivity index (χ2n) is 3.77. The van der Waals surface area contributed by atoms with E-state index in [-0.39, 0.29) is 6.04 Å². The summed E-state index contributed by atoms with van der Waals surface area (Å²) in [6.45, 7) is 2.01. The first-order valence-corrected chi connectivity index (χ1v) is 6.88. The molecule has 1 rings (SSSR count). The zero-order valence-electron chi connectivity index (χ0n) is 9.81. The highest BCUT2D eigenvalue weighted by Gasteiger charge is 2.07. The molecule has 0 aliphatic carbocycles. The minimum atomic E-state index is -0.875. The van der Waals surface area contributed by atoms with Crippen molar-refractivity contribution in [2.45, 2.75) is 25.1 Å². The van der Waals surface area contributed by atoms with Gasteiger partial charge in [0, 0.05) is 28.3 Å². The fraction of sp³-hybridized carbons (Fsp3) is 0.500. The van der Waals surface area contributed by atoms with E-state index in [2.05, 4.69) is 0 Å². The first-order valence-electron chi connectivity index (χ1n) is 5.39. The molecule has 0 amide bonds. The van der Waals surface area contributed by atoms with Crippen LogP contribution in [0.1, 0.15) is 18.9 Å². The molecule has 1 aromatic rings. The average Bonchev–Trinajstić information content (AvgIpc) is 2.29. The molecule has 0 aliphatic heterocycles. The van der Waals surface area contributed by atoms with Crippen molar-refractivity contribution in [3.8, 4) is 5.75 Å². The number of ether oxygens (including phenoxy) is 1. The number of hydrogen-bond donors (Lipinski definition) is 1. The number of methoxy groups -OCH3 is 1. The normalized spacial score (nSPS) is 14.4. The average molecular weight is 241 g/mol. The standard InChI is InChI=1S/C12H19NO2S/c1-3-11(13)9-16(14)8-10-4-6-12(15-2)7-5-10/h4-7,11H,3,8-9,13H2,1-2H3. The van der Waals surface area contributed by atoms with E-state index < -0.39 is 10.8 Å². The smallest absolute Gasteiger partial charge is 0.118 e. The molecule has 2 atom stereocenters. The second kappa shape index (κ2) is 6.66. The number of hydrogen-bond acceptors (Lipinski definition) is 3. The Morgan fingerprint density at radius 1 is 1.38 bits per heavy atom. The summed E-state index contributed by atoms with van der Waals surface area (Å²) in [5, 5.41) is 0. The lowest BCUT2D eigenvalue weighted by molar-refractivity contribution is 0.414. The number of nitrogens with two attached hydrogens (primary N) is 1. The van der Waals surface area contributed by atoms with Crippen LogP contribution in [0, 0.1) is 0 Å². The van der Waals surface area contributed by atoms with E-state index >= 15 is 0 Å². The molecule has 3 nitrogen and oxygen atoms in total. The quantitative estimate of drug-likeness (QED) is 0.824. The van der Waals surface area contributed by atoms with E-state index in [0.717, 1.165) is 17.7 Å². The van der Waals surface area contributed by atoms with Crippen molar-refractivity contribution in [2.75, 3.05) is 12.9 Å². The molecular formula is C12H19NO2S. The van der Waals surface area contributed by atoms with Gasteiger partial charge in [-0.05, 0) is 24.1 Å². The molecule has 0 fully saturated rings. The van der Waals surface area contributed by atoms with Gasteiger partial charge in [-0.1, -0.05) is 19.1 Å². The molecule has 2 N–H and O–H groups in total. The maximum absolute atomic E-state index is 11.7. The van der Waals surface area contributed by atoms with Crippen LogP contribution in [0.3, 0.4) is 0 Å². The van der Waals surface area contributed by atoms with Gasteiger partial charge in [0.05, 0.1) is 7.11 Å². The van der Waals surface area contributed by atoms with Crippen LogP contribution in [-0.2, 0) is 16.6 Å². The Hall–Kier alpha value is -0.870. The number of rotatable bonds is 6. The maximum atomic E-state index is 11.7. The fourth-order valence-corrected chi connectivity index (χ4v) is 2.72. The summed E-state index contributed by atoms with van der Waals surface area (Å²) < 4.78 is 16.8. The fourth-order valence-electron chi connectivity index (χ4n) is 1.32. The molecule has 2 unspecified atom stereocenters. The van der Waals surface area contributed by atoms with Crippen LogP contribution < -0.4 is 10.5 Å². The summed E-state index contributed by atoms with van der Waals surface area (Å²) in [6, 6.07) is 7.68. The molecule has 0 bridgehead atoms. The highest BCUT2D eigenvalue weighted by molar-refractivity contribution is 7.84. The van der Waals surface area contributed by atoms with Crippen molar-refractivity contribution in [1.29, 1.82) is 0 Å². The minimum Gasteiger partial charge on any atom is -0.497 e. The predicted molar refractivity (Wildman–Crippen MR) is 68.0 cm³/mol. The van der Waals surface area contributed by atoms with Crippen molar-refractivity contribution < 1.29 is 8.95 Å². The van der Waals surface area contributed by atoms with Crippen molar-refractivity contribution in [3.63, 3.8) is 0 Å². The Labute approximate surface area is 99.4 Å². The zero-order valence-corrected chi connectivity index (χ0v) is 10.6. The highest BCUT2D eigenvalue weighted by Crippen LogP contribution is 2.12. The van der Waals surface area contributed by atoms with Crippen molar-refractivity contribution in [3.05, 3.63) is 29.8 Å². The Morgan fingerprint density at radius 3 is 2.50 bits per heavy atom. The molecule has 90 valence electrons. The Balaban J connectivity index is 2.49. The molecule has 0 aromatic heterocycles. The summed E-state index contributed by atoms with van der Waals surface area (Å²) in [5.74, 6) is 1.96. The Bertz CT molecular complexity index is 337. The number of benzene rings is 1. The van der Waals surface area contributed by atoms with Crippen LogP contribution in [0.25, 0.3) is 0 Å². The van der Waals surface area contributed by atoms with Crippen LogP contribution in [0.2, 0.25) is 0 Å². The Kier molecular flexibility index (Phi) is 5.49. The van der Waals surface area contributed by atoms with Crippen molar-refractivity contribution >= 4 is 10.8 Å². The van der Waals surface area contributed by atoms with Crippen LogP contribution >= 0.6 is 0 Å². The lowest BCUT2D eigenvalue weighted by Crippen LogP contribution is -2.26. The van der Waals surface area contributed by atoms with Crippen molar-refractivity contribution in [2.24, 2.45) is 5.73 Å².